The van der Waals surface area contributed by atoms with Gasteiger partial charge in [-0.2, -0.15) is 4.98 Å². The molecule has 0 aliphatic heterocycles. The molecule has 0 aliphatic rings. The van der Waals surface area contributed by atoms with Crippen LogP contribution in [0.5, 0.6) is 0 Å². The van der Waals surface area contributed by atoms with Crippen LogP contribution in [-0.4, -0.2) is 22.2 Å². The number of rotatable bonds is 3. The fourth-order valence-electron chi connectivity index (χ4n) is 1.42. The molecule has 0 aliphatic carbocycles. The third-order valence-electron chi connectivity index (χ3n) is 2.85. The van der Waals surface area contributed by atoms with Gasteiger partial charge in [0.25, 0.3) is 0 Å². The molecule has 90 valence electrons. The molecule has 0 radical (unpaired) electrons. The third kappa shape index (κ3) is 2.19. The smallest absolute Gasteiger partial charge is 0.246 e. The molecule has 0 bridgehead atoms. The molecule has 0 unspecified atom stereocenters. The zero-order chi connectivity index (χ0) is 12.5. The van der Waals surface area contributed by atoms with E-state index in [9.17, 15) is 0 Å². The van der Waals surface area contributed by atoms with Crippen molar-refractivity contribution in [2.24, 2.45) is 0 Å². The topological polar surface area (TPSA) is 63.8 Å². The Morgan fingerprint density at radius 3 is 2.76 bits per heavy atom. The van der Waals surface area contributed by atoms with Gasteiger partial charge in [0.1, 0.15) is 0 Å². The van der Waals surface area contributed by atoms with Crippen molar-refractivity contribution < 1.29 is 4.52 Å². The van der Waals surface area contributed by atoms with Gasteiger partial charge in [0.2, 0.25) is 11.7 Å². The molecular weight excluding hydrogens is 216 g/mol. The highest BCUT2D eigenvalue weighted by Gasteiger charge is 2.25. The van der Waals surface area contributed by atoms with Gasteiger partial charge in [-0.3, -0.25) is 4.98 Å². The number of hydrogen-bond acceptors (Lipinski definition) is 5. The lowest BCUT2D eigenvalue weighted by molar-refractivity contribution is 0.281. The van der Waals surface area contributed by atoms with E-state index < -0.39 is 0 Å². The van der Waals surface area contributed by atoms with Crippen LogP contribution in [0.1, 0.15) is 25.3 Å². The average Bonchev–Trinajstić information content (AvgIpc) is 2.79. The molecule has 17 heavy (non-hydrogen) atoms. The summed E-state index contributed by atoms with van der Waals surface area (Å²) in [5, 5.41) is 7.14. The molecular formula is C12H16N4O. The maximum atomic E-state index is 5.29. The number of aromatic nitrogens is 3. The van der Waals surface area contributed by atoms with Crippen LogP contribution in [0.25, 0.3) is 11.4 Å². The van der Waals surface area contributed by atoms with Crippen LogP contribution in [-0.2, 0) is 5.54 Å². The van der Waals surface area contributed by atoms with Crippen molar-refractivity contribution >= 4 is 0 Å². The van der Waals surface area contributed by atoms with E-state index in [0.717, 1.165) is 11.1 Å². The second kappa shape index (κ2) is 4.25. The fraction of sp³-hybridized carbons (Fsp3) is 0.417. The molecule has 0 aromatic carbocycles. The van der Waals surface area contributed by atoms with Crippen LogP contribution in [0.3, 0.4) is 0 Å². The van der Waals surface area contributed by atoms with Crippen LogP contribution < -0.4 is 5.32 Å². The van der Waals surface area contributed by atoms with Crippen LogP contribution in [0.2, 0.25) is 0 Å². The Balaban J connectivity index is 2.40. The van der Waals surface area contributed by atoms with Crippen LogP contribution in [0, 0.1) is 6.92 Å². The Morgan fingerprint density at radius 2 is 2.12 bits per heavy atom. The van der Waals surface area contributed by atoms with E-state index in [-0.39, 0.29) is 5.54 Å². The van der Waals surface area contributed by atoms with Crippen LogP contribution >= 0.6 is 0 Å². The lowest BCUT2D eigenvalue weighted by Gasteiger charge is -2.17. The van der Waals surface area contributed by atoms with Gasteiger partial charge in [0, 0.05) is 18.0 Å². The Morgan fingerprint density at radius 1 is 1.35 bits per heavy atom. The minimum absolute atomic E-state index is 0.327. The average molecular weight is 232 g/mol. The molecule has 5 heteroatoms. The molecule has 0 fully saturated rings. The first-order valence-corrected chi connectivity index (χ1v) is 5.48. The van der Waals surface area contributed by atoms with Gasteiger partial charge in [-0.05, 0) is 39.4 Å². The van der Waals surface area contributed by atoms with E-state index in [0.29, 0.717) is 11.7 Å². The summed E-state index contributed by atoms with van der Waals surface area (Å²) in [6.45, 7) is 5.95. The Hall–Kier alpha value is -1.75. The molecule has 0 saturated carbocycles. The first-order chi connectivity index (χ1) is 8.04. The van der Waals surface area contributed by atoms with E-state index in [1.807, 2.05) is 33.9 Å². The summed E-state index contributed by atoms with van der Waals surface area (Å²) >= 11 is 0. The Bertz CT molecular complexity index is 519. The van der Waals surface area contributed by atoms with Crippen molar-refractivity contribution in [2.45, 2.75) is 26.3 Å². The molecule has 2 rings (SSSR count). The van der Waals surface area contributed by atoms with E-state index >= 15 is 0 Å². The van der Waals surface area contributed by atoms with Gasteiger partial charge in [-0.15, -0.1) is 0 Å². The lowest BCUT2D eigenvalue weighted by Crippen LogP contribution is -2.33. The zero-order valence-corrected chi connectivity index (χ0v) is 10.5. The normalized spacial score (nSPS) is 11.8. The highest BCUT2D eigenvalue weighted by atomic mass is 16.5. The number of nitrogens with one attached hydrogen (secondary N) is 1. The monoisotopic (exact) mass is 232 g/mol. The number of aryl methyl sites for hydroxylation is 1. The molecule has 0 amide bonds. The quantitative estimate of drug-likeness (QED) is 0.875. The first kappa shape index (κ1) is 11.7. The van der Waals surface area contributed by atoms with Gasteiger partial charge in [-0.25, -0.2) is 0 Å². The van der Waals surface area contributed by atoms with Crippen molar-refractivity contribution in [3.8, 4) is 11.4 Å². The standard InChI is InChI=1S/C12H16N4O/c1-8-7-14-6-5-9(8)10-15-11(17-16-10)12(2,3)13-4/h5-7,13H,1-4H3. The molecule has 0 saturated heterocycles. The fourth-order valence-corrected chi connectivity index (χ4v) is 1.42. The molecule has 1 N–H and O–H groups in total. The van der Waals surface area contributed by atoms with Crippen molar-refractivity contribution in [2.75, 3.05) is 7.05 Å². The Labute approximate surface area is 100 Å². The zero-order valence-electron chi connectivity index (χ0n) is 10.5. The summed E-state index contributed by atoms with van der Waals surface area (Å²) in [5.41, 5.74) is 1.65. The van der Waals surface area contributed by atoms with E-state index in [1.165, 1.54) is 0 Å². The molecule has 2 aromatic heterocycles. The summed E-state index contributed by atoms with van der Waals surface area (Å²) in [5.74, 6) is 1.18. The number of hydrogen-bond donors (Lipinski definition) is 1. The van der Waals surface area contributed by atoms with Gasteiger partial charge in [-0.1, -0.05) is 5.16 Å². The first-order valence-electron chi connectivity index (χ1n) is 5.48. The summed E-state index contributed by atoms with van der Waals surface area (Å²) in [4.78, 5) is 8.46. The molecule has 2 heterocycles. The third-order valence-corrected chi connectivity index (χ3v) is 2.85. The number of pyridine rings is 1. The minimum atomic E-state index is -0.327. The largest absolute Gasteiger partial charge is 0.337 e. The van der Waals surface area contributed by atoms with Crippen molar-refractivity contribution in [3.63, 3.8) is 0 Å². The van der Waals surface area contributed by atoms with Crippen molar-refractivity contribution in [3.05, 3.63) is 29.9 Å². The van der Waals surface area contributed by atoms with Crippen molar-refractivity contribution in [1.29, 1.82) is 0 Å². The van der Waals surface area contributed by atoms with E-state index in [2.05, 4.69) is 20.4 Å². The summed E-state index contributed by atoms with van der Waals surface area (Å²) < 4.78 is 5.29. The van der Waals surface area contributed by atoms with Crippen LogP contribution in [0.4, 0.5) is 0 Å². The van der Waals surface area contributed by atoms with Gasteiger partial charge in [0.05, 0.1) is 5.54 Å². The second-order valence-electron chi connectivity index (χ2n) is 4.49. The second-order valence-corrected chi connectivity index (χ2v) is 4.49. The molecule has 2 aromatic rings. The SMILES string of the molecule is CNC(C)(C)c1nc(-c2ccncc2C)no1. The predicted octanol–water partition coefficient (Wildman–Crippen LogP) is 1.89. The van der Waals surface area contributed by atoms with Gasteiger partial charge in [0.15, 0.2) is 0 Å². The van der Waals surface area contributed by atoms with Gasteiger partial charge >= 0.3 is 0 Å². The molecule has 5 nitrogen and oxygen atoms in total. The number of nitrogens with zero attached hydrogens (tertiary/aromatic N) is 3. The highest BCUT2D eigenvalue weighted by molar-refractivity contribution is 5.58. The minimum Gasteiger partial charge on any atom is -0.337 e. The maximum absolute atomic E-state index is 5.29. The highest BCUT2D eigenvalue weighted by Crippen LogP contribution is 2.23. The van der Waals surface area contributed by atoms with E-state index in [4.69, 9.17) is 4.52 Å². The summed E-state index contributed by atoms with van der Waals surface area (Å²) in [6.07, 6.45) is 3.51. The maximum Gasteiger partial charge on any atom is 0.246 e. The molecule has 0 atom stereocenters. The van der Waals surface area contributed by atoms with Crippen LogP contribution in [0.15, 0.2) is 23.0 Å². The Kier molecular flexibility index (Phi) is 2.93. The lowest BCUT2D eigenvalue weighted by atomic mass is 10.1. The summed E-state index contributed by atoms with van der Waals surface area (Å²) in [7, 11) is 1.86. The summed E-state index contributed by atoms with van der Waals surface area (Å²) in [6, 6.07) is 1.89. The predicted molar refractivity (Wildman–Crippen MR) is 64.4 cm³/mol. The van der Waals surface area contributed by atoms with Crippen molar-refractivity contribution in [1.82, 2.24) is 20.4 Å². The van der Waals surface area contributed by atoms with Gasteiger partial charge < -0.3 is 9.84 Å². The van der Waals surface area contributed by atoms with E-state index in [1.54, 1.807) is 12.4 Å². The molecule has 0 spiro atoms.